The topological polar surface area (TPSA) is 43.4 Å². The Balaban J connectivity index is 2.74. The third kappa shape index (κ3) is 7.30. The molecule has 1 aromatic rings. The summed E-state index contributed by atoms with van der Waals surface area (Å²) in [6.45, 7) is 9.58. The predicted octanol–water partition coefficient (Wildman–Crippen LogP) is 4.95. The lowest BCUT2D eigenvalue weighted by molar-refractivity contribution is -0.163. The van der Waals surface area contributed by atoms with Crippen LogP contribution in [0.1, 0.15) is 53.0 Å². The van der Waals surface area contributed by atoms with Crippen molar-refractivity contribution in [2.24, 2.45) is 11.8 Å². The summed E-state index contributed by atoms with van der Waals surface area (Å²) >= 11 is 3.38. The fraction of sp³-hybridized carbons (Fsp3) is 0.579. The molecule has 1 aromatic carbocycles. The summed E-state index contributed by atoms with van der Waals surface area (Å²) in [5.74, 6) is -0.444. The molecule has 0 spiro atoms. The molecule has 2 atom stereocenters. The molecule has 0 unspecified atom stereocenters. The van der Waals surface area contributed by atoms with Gasteiger partial charge in [-0.15, -0.1) is 0 Å². The standard InChI is InChI=1S/C19H27BrO3/c1-6-13(2)17(18(22)23-19(3,4)5)12-16(21)11-14-7-9-15(20)10-8-14/h7-10,13,17H,6,11-12H2,1-5H3/t13-,17-/m0/s1. The number of ketones is 1. The summed E-state index contributed by atoms with van der Waals surface area (Å²) in [5.41, 5.74) is 0.433. The normalized spacial score (nSPS) is 14.2. The van der Waals surface area contributed by atoms with Gasteiger partial charge in [0.15, 0.2) is 0 Å². The molecule has 0 fully saturated rings. The molecule has 0 bridgehead atoms. The number of benzene rings is 1. The van der Waals surface area contributed by atoms with Crippen LogP contribution < -0.4 is 0 Å². The summed E-state index contributed by atoms with van der Waals surface area (Å²) in [6.07, 6.45) is 1.43. The Morgan fingerprint density at radius 3 is 2.22 bits per heavy atom. The summed E-state index contributed by atoms with van der Waals surface area (Å²) < 4.78 is 6.48. The molecule has 0 aromatic heterocycles. The van der Waals surface area contributed by atoms with Gasteiger partial charge in [-0.05, 0) is 44.4 Å². The number of Topliss-reactive ketones (excluding diaryl/α,β-unsaturated/α-hetero) is 1. The van der Waals surface area contributed by atoms with E-state index in [2.05, 4.69) is 15.9 Å². The second-order valence-corrected chi connectivity index (χ2v) is 7.99. The van der Waals surface area contributed by atoms with Gasteiger partial charge in [-0.1, -0.05) is 48.3 Å². The molecule has 0 radical (unpaired) electrons. The second kappa shape index (κ2) is 8.62. The molecule has 4 heteroatoms. The molecule has 0 amide bonds. The minimum atomic E-state index is -0.530. The Bertz CT molecular complexity index is 529. The van der Waals surface area contributed by atoms with Gasteiger partial charge in [0, 0.05) is 17.3 Å². The zero-order chi connectivity index (χ0) is 17.6. The first-order valence-corrected chi connectivity index (χ1v) is 8.90. The first-order valence-electron chi connectivity index (χ1n) is 8.11. The van der Waals surface area contributed by atoms with Crippen LogP contribution in [-0.4, -0.2) is 17.4 Å². The smallest absolute Gasteiger partial charge is 0.310 e. The highest BCUT2D eigenvalue weighted by Crippen LogP contribution is 2.24. The summed E-state index contributed by atoms with van der Waals surface area (Å²) in [4.78, 5) is 24.8. The number of esters is 1. The van der Waals surface area contributed by atoms with E-state index >= 15 is 0 Å². The van der Waals surface area contributed by atoms with Gasteiger partial charge in [-0.3, -0.25) is 9.59 Å². The average Bonchev–Trinajstić information content (AvgIpc) is 2.44. The molecular formula is C19H27BrO3. The lowest BCUT2D eigenvalue weighted by Gasteiger charge is -2.26. The highest BCUT2D eigenvalue weighted by Gasteiger charge is 2.30. The van der Waals surface area contributed by atoms with E-state index in [1.54, 1.807) is 0 Å². The Hall–Kier alpha value is -1.16. The van der Waals surface area contributed by atoms with Crippen molar-refractivity contribution in [1.82, 2.24) is 0 Å². The third-order valence-electron chi connectivity index (χ3n) is 3.80. The van der Waals surface area contributed by atoms with Gasteiger partial charge < -0.3 is 4.74 Å². The van der Waals surface area contributed by atoms with Gasteiger partial charge in [0.25, 0.3) is 0 Å². The molecule has 1 rings (SSSR count). The quantitative estimate of drug-likeness (QED) is 0.626. The molecule has 0 aliphatic heterocycles. The van der Waals surface area contributed by atoms with Crippen LogP contribution in [0.4, 0.5) is 0 Å². The van der Waals surface area contributed by atoms with Crippen molar-refractivity contribution in [3.05, 3.63) is 34.3 Å². The van der Waals surface area contributed by atoms with Gasteiger partial charge in [0.05, 0.1) is 5.92 Å². The molecule has 3 nitrogen and oxygen atoms in total. The Kier molecular flexibility index (Phi) is 7.46. The Morgan fingerprint density at radius 2 is 1.74 bits per heavy atom. The first-order chi connectivity index (χ1) is 10.6. The molecule has 0 aliphatic carbocycles. The number of hydrogen-bond donors (Lipinski definition) is 0. The van der Waals surface area contributed by atoms with Crippen LogP contribution in [0.2, 0.25) is 0 Å². The van der Waals surface area contributed by atoms with E-state index in [0.29, 0.717) is 6.42 Å². The number of carbonyl (C=O) groups is 2. The van der Waals surface area contributed by atoms with Crippen molar-refractivity contribution in [3.8, 4) is 0 Å². The van der Waals surface area contributed by atoms with Gasteiger partial charge in [-0.25, -0.2) is 0 Å². The molecule has 0 heterocycles. The summed E-state index contributed by atoms with van der Waals surface area (Å²) in [5, 5.41) is 0. The van der Waals surface area contributed by atoms with Gasteiger partial charge >= 0.3 is 5.97 Å². The van der Waals surface area contributed by atoms with E-state index < -0.39 is 5.60 Å². The number of halogens is 1. The van der Waals surface area contributed by atoms with Gasteiger partial charge in [0.2, 0.25) is 0 Å². The largest absolute Gasteiger partial charge is 0.460 e. The number of hydrogen-bond acceptors (Lipinski definition) is 3. The van der Waals surface area contributed by atoms with E-state index in [1.807, 2.05) is 58.9 Å². The van der Waals surface area contributed by atoms with Gasteiger partial charge in [0.1, 0.15) is 11.4 Å². The summed E-state index contributed by atoms with van der Waals surface area (Å²) in [7, 11) is 0. The van der Waals surface area contributed by atoms with Crippen LogP contribution in [0, 0.1) is 11.8 Å². The Labute approximate surface area is 147 Å². The highest BCUT2D eigenvalue weighted by molar-refractivity contribution is 9.10. The minimum Gasteiger partial charge on any atom is -0.460 e. The number of carbonyl (C=O) groups excluding carboxylic acids is 2. The maximum Gasteiger partial charge on any atom is 0.310 e. The third-order valence-corrected chi connectivity index (χ3v) is 4.33. The van der Waals surface area contributed by atoms with Crippen LogP contribution in [0.3, 0.4) is 0 Å². The maximum atomic E-state index is 12.4. The Morgan fingerprint density at radius 1 is 1.17 bits per heavy atom. The van der Waals surface area contributed by atoms with Crippen LogP contribution in [0.5, 0.6) is 0 Å². The lowest BCUT2D eigenvalue weighted by Crippen LogP contribution is -2.33. The molecule has 0 aliphatic rings. The predicted molar refractivity (Wildman–Crippen MR) is 96.3 cm³/mol. The highest BCUT2D eigenvalue weighted by atomic mass is 79.9. The van der Waals surface area contributed by atoms with E-state index in [-0.39, 0.29) is 30.0 Å². The van der Waals surface area contributed by atoms with Crippen molar-refractivity contribution in [3.63, 3.8) is 0 Å². The summed E-state index contributed by atoms with van der Waals surface area (Å²) in [6, 6.07) is 7.69. The molecule has 0 saturated carbocycles. The molecule has 128 valence electrons. The van der Waals surface area contributed by atoms with Crippen LogP contribution in [0.15, 0.2) is 28.7 Å². The lowest BCUT2D eigenvalue weighted by atomic mass is 9.86. The maximum absolute atomic E-state index is 12.4. The molecule has 23 heavy (non-hydrogen) atoms. The van der Waals surface area contributed by atoms with Gasteiger partial charge in [-0.2, -0.15) is 0 Å². The molecule has 0 saturated heterocycles. The van der Waals surface area contributed by atoms with Crippen LogP contribution >= 0.6 is 15.9 Å². The van der Waals surface area contributed by atoms with Crippen LogP contribution in [0.25, 0.3) is 0 Å². The van der Waals surface area contributed by atoms with Crippen LogP contribution in [-0.2, 0) is 20.7 Å². The van der Waals surface area contributed by atoms with Crippen molar-refractivity contribution in [2.45, 2.75) is 59.5 Å². The second-order valence-electron chi connectivity index (χ2n) is 7.07. The van der Waals surface area contributed by atoms with E-state index in [0.717, 1.165) is 16.5 Å². The zero-order valence-electron chi connectivity index (χ0n) is 14.7. The number of ether oxygens (including phenoxy) is 1. The monoisotopic (exact) mass is 382 g/mol. The SMILES string of the molecule is CC[C@H](C)[C@H](CC(=O)Cc1ccc(Br)cc1)C(=O)OC(C)(C)C. The van der Waals surface area contributed by atoms with E-state index in [9.17, 15) is 9.59 Å². The van der Waals surface area contributed by atoms with Crippen molar-refractivity contribution in [2.75, 3.05) is 0 Å². The fourth-order valence-electron chi connectivity index (χ4n) is 2.33. The van der Waals surface area contributed by atoms with Crippen molar-refractivity contribution in [1.29, 1.82) is 0 Å². The molecular weight excluding hydrogens is 356 g/mol. The first kappa shape index (κ1) is 19.9. The number of rotatable bonds is 7. The minimum absolute atomic E-state index is 0.0727. The van der Waals surface area contributed by atoms with E-state index in [1.165, 1.54) is 0 Å². The fourth-order valence-corrected chi connectivity index (χ4v) is 2.59. The average molecular weight is 383 g/mol. The van der Waals surface area contributed by atoms with Crippen molar-refractivity contribution >= 4 is 27.7 Å². The zero-order valence-corrected chi connectivity index (χ0v) is 16.3. The van der Waals surface area contributed by atoms with Crippen molar-refractivity contribution < 1.29 is 14.3 Å². The molecule has 0 N–H and O–H groups in total. The van der Waals surface area contributed by atoms with E-state index in [4.69, 9.17) is 4.74 Å².